The molecule has 0 fully saturated rings. The highest BCUT2D eigenvalue weighted by Gasteiger charge is 2.25. The van der Waals surface area contributed by atoms with Crippen LogP contribution in [0.2, 0.25) is 0 Å². The van der Waals surface area contributed by atoms with Crippen molar-refractivity contribution in [2.24, 2.45) is 11.1 Å². The van der Waals surface area contributed by atoms with Crippen LogP contribution in [0.3, 0.4) is 0 Å². The van der Waals surface area contributed by atoms with E-state index < -0.39 is 0 Å². The molecule has 0 radical (unpaired) electrons. The molecule has 3 heteroatoms. The summed E-state index contributed by atoms with van der Waals surface area (Å²) in [6, 6.07) is 6.24. The largest absolute Gasteiger partial charge is 0.489 e. The van der Waals surface area contributed by atoms with Crippen LogP contribution < -0.4 is 15.2 Å². The number of benzene rings is 1. The minimum Gasteiger partial charge on any atom is -0.489 e. The van der Waals surface area contributed by atoms with Crippen molar-refractivity contribution in [2.45, 2.75) is 33.2 Å². The minimum absolute atomic E-state index is 0.0559. The summed E-state index contributed by atoms with van der Waals surface area (Å²) in [4.78, 5) is 0. The van der Waals surface area contributed by atoms with Gasteiger partial charge < -0.3 is 15.2 Å². The fraction of sp³-hybridized carbons (Fsp3) is 0.571. The highest BCUT2D eigenvalue weighted by Crippen LogP contribution is 2.34. The Labute approximate surface area is 103 Å². The van der Waals surface area contributed by atoms with E-state index in [1.165, 1.54) is 5.56 Å². The summed E-state index contributed by atoms with van der Waals surface area (Å²) in [7, 11) is 0. The lowest BCUT2D eigenvalue weighted by Crippen LogP contribution is -2.26. The van der Waals surface area contributed by atoms with E-state index in [-0.39, 0.29) is 11.5 Å². The summed E-state index contributed by atoms with van der Waals surface area (Å²) < 4.78 is 11.6. The first-order chi connectivity index (χ1) is 7.96. The molecule has 1 aliphatic rings. The molecule has 0 aliphatic carbocycles. The molecule has 1 aromatic carbocycles. The number of ether oxygens (including phenoxy) is 2. The van der Waals surface area contributed by atoms with Gasteiger partial charge in [-0.3, -0.25) is 0 Å². The Bertz CT molecular complexity index is 399. The average Bonchev–Trinajstić information content (AvgIpc) is 2.38. The van der Waals surface area contributed by atoms with Crippen LogP contribution in [0.25, 0.3) is 0 Å². The Morgan fingerprint density at radius 1 is 1.24 bits per heavy atom. The van der Waals surface area contributed by atoms with Crippen molar-refractivity contribution in [1.82, 2.24) is 0 Å². The average molecular weight is 235 g/mol. The van der Waals surface area contributed by atoms with Gasteiger partial charge in [0.05, 0.1) is 13.2 Å². The first kappa shape index (κ1) is 12.2. The van der Waals surface area contributed by atoms with Crippen LogP contribution in [0.4, 0.5) is 0 Å². The van der Waals surface area contributed by atoms with Crippen LogP contribution >= 0.6 is 0 Å². The van der Waals surface area contributed by atoms with E-state index in [9.17, 15) is 0 Å². The van der Waals surface area contributed by atoms with Crippen molar-refractivity contribution in [3.63, 3.8) is 0 Å². The quantitative estimate of drug-likeness (QED) is 0.856. The molecule has 1 aromatic rings. The van der Waals surface area contributed by atoms with Crippen molar-refractivity contribution < 1.29 is 9.47 Å². The summed E-state index contributed by atoms with van der Waals surface area (Å²) >= 11 is 0. The maximum absolute atomic E-state index is 5.82. The number of nitrogens with two attached hydrogens (primary N) is 1. The molecule has 0 saturated heterocycles. The normalized spacial score (nSPS) is 19.5. The molecule has 3 nitrogen and oxygen atoms in total. The third-order valence-corrected chi connectivity index (χ3v) is 2.80. The van der Waals surface area contributed by atoms with Crippen LogP contribution in [0, 0.1) is 5.41 Å². The van der Waals surface area contributed by atoms with Crippen LogP contribution in [0.5, 0.6) is 11.5 Å². The van der Waals surface area contributed by atoms with E-state index >= 15 is 0 Å². The van der Waals surface area contributed by atoms with Gasteiger partial charge in [-0.1, -0.05) is 19.9 Å². The predicted octanol–water partition coefficient (Wildman–Crippen LogP) is 2.37. The zero-order valence-corrected chi connectivity index (χ0v) is 10.8. The summed E-state index contributed by atoms with van der Waals surface area (Å²) in [5, 5.41) is 0. The topological polar surface area (TPSA) is 44.5 Å². The molecule has 1 atom stereocenters. The molecule has 1 aliphatic heterocycles. The van der Waals surface area contributed by atoms with Gasteiger partial charge in [-0.15, -0.1) is 0 Å². The fourth-order valence-electron chi connectivity index (χ4n) is 1.87. The van der Waals surface area contributed by atoms with Gasteiger partial charge in [0.1, 0.15) is 0 Å². The van der Waals surface area contributed by atoms with Crippen molar-refractivity contribution in [3.05, 3.63) is 23.8 Å². The number of rotatable bonds is 2. The molecule has 94 valence electrons. The van der Waals surface area contributed by atoms with E-state index in [0.29, 0.717) is 13.2 Å². The highest BCUT2D eigenvalue weighted by atomic mass is 16.5. The van der Waals surface area contributed by atoms with E-state index in [1.54, 1.807) is 0 Å². The summed E-state index contributed by atoms with van der Waals surface area (Å²) in [5.74, 6) is 1.68. The molecular weight excluding hydrogens is 214 g/mol. The standard InChI is InChI=1S/C14H21NO2/c1-10(15)6-11-4-5-12-13(7-11)17-9-14(2,3)8-16-12/h4-5,7,10H,6,8-9,15H2,1-3H3. The first-order valence-corrected chi connectivity index (χ1v) is 6.10. The second-order valence-corrected chi connectivity index (χ2v) is 5.70. The molecule has 2 rings (SSSR count). The lowest BCUT2D eigenvalue weighted by atomic mass is 9.97. The Balaban J connectivity index is 2.20. The van der Waals surface area contributed by atoms with Crippen molar-refractivity contribution in [1.29, 1.82) is 0 Å². The first-order valence-electron chi connectivity index (χ1n) is 6.10. The zero-order chi connectivity index (χ0) is 12.5. The van der Waals surface area contributed by atoms with E-state index in [0.717, 1.165) is 17.9 Å². The fourth-order valence-corrected chi connectivity index (χ4v) is 1.87. The smallest absolute Gasteiger partial charge is 0.161 e. The predicted molar refractivity (Wildman–Crippen MR) is 68.6 cm³/mol. The van der Waals surface area contributed by atoms with Crippen LogP contribution in [0.1, 0.15) is 26.3 Å². The van der Waals surface area contributed by atoms with Gasteiger partial charge in [-0.05, 0) is 31.0 Å². The van der Waals surface area contributed by atoms with Crippen molar-refractivity contribution >= 4 is 0 Å². The highest BCUT2D eigenvalue weighted by molar-refractivity contribution is 5.43. The maximum Gasteiger partial charge on any atom is 0.161 e. The summed E-state index contributed by atoms with van der Waals surface area (Å²) in [6.45, 7) is 7.66. The zero-order valence-electron chi connectivity index (χ0n) is 10.8. The summed E-state index contributed by atoms with van der Waals surface area (Å²) in [5.41, 5.74) is 7.05. The third kappa shape index (κ3) is 3.13. The Morgan fingerprint density at radius 3 is 2.53 bits per heavy atom. The van der Waals surface area contributed by atoms with Gasteiger partial charge in [-0.2, -0.15) is 0 Å². The monoisotopic (exact) mass is 235 g/mol. The molecule has 0 aromatic heterocycles. The Morgan fingerprint density at radius 2 is 1.88 bits per heavy atom. The van der Waals surface area contributed by atoms with Gasteiger partial charge in [-0.25, -0.2) is 0 Å². The molecule has 0 amide bonds. The Kier molecular flexibility index (Phi) is 3.29. The molecule has 1 unspecified atom stereocenters. The minimum atomic E-state index is 0.0559. The number of hydrogen-bond donors (Lipinski definition) is 1. The van der Waals surface area contributed by atoms with Crippen LogP contribution in [-0.4, -0.2) is 19.3 Å². The molecule has 17 heavy (non-hydrogen) atoms. The lowest BCUT2D eigenvalue weighted by Gasteiger charge is -2.19. The Hall–Kier alpha value is -1.22. The molecule has 1 heterocycles. The van der Waals surface area contributed by atoms with Gasteiger partial charge >= 0.3 is 0 Å². The number of fused-ring (bicyclic) bond motifs is 1. The van der Waals surface area contributed by atoms with Crippen molar-refractivity contribution in [3.8, 4) is 11.5 Å². The van der Waals surface area contributed by atoms with Gasteiger partial charge in [0.2, 0.25) is 0 Å². The van der Waals surface area contributed by atoms with E-state index in [1.807, 2.05) is 19.1 Å². The molecule has 0 spiro atoms. The summed E-state index contributed by atoms with van der Waals surface area (Å²) in [6.07, 6.45) is 0.861. The molecule has 0 saturated carbocycles. The van der Waals surface area contributed by atoms with Crippen molar-refractivity contribution in [2.75, 3.05) is 13.2 Å². The molecule has 0 bridgehead atoms. The lowest BCUT2D eigenvalue weighted by molar-refractivity contribution is 0.140. The van der Waals surface area contributed by atoms with Gasteiger partial charge in [0.25, 0.3) is 0 Å². The van der Waals surface area contributed by atoms with Crippen LogP contribution in [0.15, 0.2) is 18.2 Å². The molecular formula is C14H21NO2. The van der Waals surface area contributed by atoms with Crippen LogP contribution in [-0.2, 0) is 6.42 Å². The van der Waals surface area contributed by atoms with Gasteiger partial charge in [0.15, 0.2) is 11.5 Å². The van der Waals surface area contributed by atoms with Gasteiger partial charge in [0, 0.05) is 11.5 Å². The third-order valence-electron chi connectivity index (χ3n) is 2.80. The SMILES string of the molecule is CC(N)Cc1ccc2c(c1)OCC(C)(C)CO2. The van der Waals surface area contributed by atoms with E-state index in [4.69, 9.17) is 15.2 Å². The maximum atomic E-state index is 5.82. The second-order valence-electron chi connectivity index (χ2n) is 5.70. The molecule has 2 N–H and O–H groups in total. The second kappa shape index (κ2) is 4.57. The number of hydrogen-bond acceptors (Lipinski definition) is 3. The van der Waals surface area contributed by atoms with E-state index in [2.05, 4.69) is 19.9 Å².